The van der Waals surface area contributed by atoms with Crippen molar-refractivity contribution in [3.63, 3.8) is 0 Å². The summed E-state index contributed by atoms with van der Waals surface area (Å²) in [5, 5.41) is 3.06. The molecule has 2 fully saturated rings. The third-order valence-electron chi connectivity index (χ3n) is 9.26. The summed E-state index contributed by atoms with van der Waals surface area (Å²) in [5.41, 5.74) is 0.0612. The van der Waals surface area contributed by atoms with Crippen molar-refractivity contribution in [1.29, 1.82) is 0 Å². The maximum Gasteiger partial charge on any atom is 0.126 e. The zero-order chi connectivity index (χ0) is 33.9. The van der Waals surface area contributed by atoms with Gasteiger partial charge in [-0.1, -0.05) is 60.7 Å². The standard InChI is InChI=1S/C26H26F3N.C13H16F3N/c1-26(2,29)24(20-13-22(27)15-23(28)14-20)21-16-30(17-21)25(18-9-5-3-6-10-18)19-11-7-4-8-12-19;1-13(2,16)12(9-6-17-7-9)8-3-10(14)5-11(15)4-8/h3-15,21,24-25H,16-17H2,1-2H3;3-5,9,12,17H,6-7H2,1-2H3/t24-;12-/m11/s1. The summed E-state index contributed by atoms with van der Waals surface area (Å²) in [4.78, 5) is 2.31. The van der Waals surface area contributed by atoms with Crippen LogP contribution >= 0.6 is 0 Å². The van der Waals surface area contributed by atoms with E-state index in [1.54, 1.807) is 0 Å². The van der Waals surface area contributed by atoms with E-state index in [2.05, 4.69) is 34.5 Å². The van der Waals surface area contributed by atoms with Crippen molar-refractivity contribution in [2.45, 2.75) is 56.9 Å². The van der Waals surface area contributed by atoms with Crippen molar-refractivity contribution in [2.24, 2.45) is 11.8 Å². The van der Waals surface area contributed by atoms with Crippen molar-refractivity contribution in [3.05, 3.63) is 143 Å². The van der Waals surface area contributed by atoms with E-state index in [1.807, 2.05) is 36.4 Å². The number of alkyl halides is 2. The maximum atomic E-state index is 15.2. The fourth-order valence-corrected chi connectivity index (χ4v) is 7.37. The Balaban J connectivity index is 0.000000216. The van der Waals surface area contributed by atoms with E-state index in [-0.39, 0.29) is 17.9 Å². The molecule has 1 N–H and O–H groups in total. The first-order valence-corrected chi connectivity index (χ1v) is 16.0. The molecular weight excluding hydrogens is 610 g/mol. The fraction of sp³-hybridized carbons (Fsp3) is 0.385. The molecule has 0 unspecified atom stereocenters. The second-order valence-electron chi connectivity index (χ2n) is 13.8. The Labute approximate surface area is 273 Å². The summed E-state index contributed by atoms with van der Waals surface area (Å²) < 4.78 is 83.4. The minimum Gasteiger partial charge on any atom is -0.316 e. The normalized spacial score (nSPS) is 17.3. The molecule has 8 heteroatoms. The van der Waals surface area contributed by atoms with Crippen LogP contribution in [0.15, 0.2) is 97.1 Å². The molecule has 2 aliphatic heterocycles. The number of nitrogens with one attached hydrogen (secondary N) is 1. The van der Waals surface area contributed by atoms with E-state index >= 15 is 4.39 Å². The Morgan fingerprint density at radius 1 is 0.553 bits per heavy atom. The third kappa shape index (κ3) is 8.46. The molecule has 2 saturated heterocycles. The molecule has 0 aromatic heterocycles. The summed E-state index contributed by atoms with van der Waals surface area (Å²) in [6.07, 6.45) is 0. The highest BCUT2D eigenvalue weighted by Gasteiger charge is 2.45. The second-order valence-corrected chi connectivity index (χ2v) is 13.8. The smallest absolute Gasteiger partial charge is 0.126 e. The molecular formula is C39H42F6N2. The van der Waals surface area contributed by atoms with Crippen molar-refractivity contribution < 1.29 is 26.3 Å². The van der Waals surface area contributed by atoms with E-state index in [9.17, 15) is 22.0 Å². The number of nitrogens with zero attached hydrogens (tertiary/aromatic N) is 1. The molecule has 2 aliphatic rings. The Morgan fingerprint density at radius 2 is 0.915 bits per heavy atom. The van der Waals surface area contributed by atoms with Gasteiger partial charge in [0.05, 0.1) is 6.04 Å². The monoisotopic (exact) mass is 652 g/mol. The molecule has 4 aromatic carbocycles. The number of hydrogen-bond donors (Lipinski definition) is 1. The van der Waals surface area contributed by atoms with Gasteiger partial charge >= 0.3 is 0 Å². The van der Waals surface area contributed by atoms with Gasteiger partial charge in [-0.25, -0.2) is 26.3 Å². The summed E-state index contributed by atoms with van der Waals surface area (Å²) in [5.74, 6) is -3.62. The summed E-state index contributed by atoms with van der Waals surface area (Å²) >= 11 is 0. The first-order valence-electron chi connectivity index (χ1n) is 16.0. The molecule has 2 atom stereocenters. The van der Waals surface area contributed by atoms with Gasteiger partial charge in [-0.05, 0) is 99.1 Å². The van der Waals surface area contributed by atoms with E-state index < -0.39 is 46.4 Å². The topological polar surface area (TPSA) is 15.3 Å². The van der Waals surface area contributed by atoms with Crippen molar-refractivity contribution in [3.8, 4) is 0 Å². The largest absolute Gasteiger partial charge is 0.316 e. The van der Waals surface area contributed by atoms with Crippen LogP contribution in [-0.4, -0.2) is 42.4 Å². The first kappa shape index (κ1) is 34.7. The molecule has 0 aliphatic carbocycles. The van der Waals surface area contributed by atoms with Crippen LogP contribution in [-0.2, 0) is 0 Å². The summed E-state index contributed by atoms with van der Waals surface area (Å²) in [7, 11) is 0. The van der Waals surface area contributed by atoms with Crippen LogP contribution in [0.3, 0.4) is 0 Å². The van der Waals surface area contributed by atoms with Gasteiger partial charge in [0.25, 0.3) is 0 Å². The van der Waals surface area contributed by atoms with Crippen molar-refractivity contribution in [1.82, 2.24) is 10.2 Å². The number of hydrogen-bond acceptors (Lipinski definition) is 2. The van der Waals surface area contributed by atoms with Gasteiger partial charge < -0.3 is 5.32 Å². The molecule has 0 amide bonds. The van der Waals surface area contributed by atoms with Gasteiger partial charge in [0.15, 0.2) is 0 Å². The van der Waals surface area contributed by atoms with E-state index in [4.69, 9.17) is 0 Å². The summed E-state index contributed by atoms with van der Waals surface area (Å²) in [6.45, 7) is 8.60. The van der Waals surface area contributed by atoms with Crippen molar-refractivity contribution >= 4 is 0 Å². The fourth-order valence-electron chi connectivity index (χ4n) is 7.37. The lowest BCUT2D eigenvalue weighted by atomic mass is 9.72. The number of benzene rings is 4. The number of likely N-dealkylation sites (tertiary alicyclic amines) is 1. The highest BCUT2D eigenvalue weighted by molar-refractivity contribution is 5.34. The minimum atomic E-state index is -1.59. The van der Waals surface area contributed by atoms with Crippen LogP contribution in [0.1, 0.15) is 67.8 Å². The quantitative estimate of drug-likeness (QED) is 0.181. The Kier molecular flexibility index (Phi) is 10.5. The lowest BCUT2D eigenvalue weighted by molar-refractivity contribution is 0.00805. The molecule has 0 bridgehead atoms. The average Bonchev–Trinajstić information content (AvgIpc) is 2.93. The van der Waals surface area contributed by atoms with Crippen LogP contribution in [0.4, 0.5) is 26.3 Å². The third-order valence-corrected chi connectivity index (χ3v) is 9.26. The van der Waals surface area contributed by atoms with E-state index in [0.717, 1.165) is 12.1 Å². The highest BCUT2D eigenvalue weighted by atomic mass is 19.2. The second kappa shape index (κ2) is 14.2. The van der Waals surface area contributed by atoms with Gasteiger partial charge in [0.2, 0.25) is 0 Å². The van der Waals surface area contributed by atoms with Crippen LogP contribution in [0, 0.1) is 35.1 Å². The van der Waals surface area contributed by atoms with Crippen LogP contribution in [0.2, 0.25) is 0 Å². The predicted octanol–water partition coefficient (Wildman–Crippen LogP) is 9.53. The van der Waals surface area contributed by atoms with E-state index in [0.29, 0.717) is 37.3 Å². The molecule has 0 saturated carbocycles. The Morgan fingerprint density at radius 3 is 1.23 bits per heavy atom. The van der Waals surface area contributed by atoms with Crippen LogP contribution in [0.5, 0.6) is 0 Å². The van der Waals surface area contributed by atoms with Gasteiger partial charge in [-0.3, -0.25) is 4.90 Å². The molecule has 0 radical (unpaired) electrons. The van der Waals surface area contributed by atoms with Gasteiger partial charge in [0, 0.05) is 37.1 Å². The number of halogens is 6. The zero-order valence-corrected chi connectivity index (χ0v) is 27.2. The van der Waals surface area contributed by atoms with Crippen LogP contribution < -0.4 is 5.32 Å². The Bertz CT molecular complexity index is 1530. The minimum absolute atomic E-state index is 0.0267. The van der Waals surface area contributed by atoms with E-state index in [1.165, 1.54) is 63.1 Å². The Hall–Kier alpha value is -3.62. The lowest BCUT2D eigenvalue weighted by Gasteiger charge is -2.50. The molecule has 2 heterocycles. The predicted molar refractivity (Wildman–Crippen MR) is 175 cm³/mol. The summed E-state index contributed by atoms with van der Waals surface area (Å²) in [6, 6.07) is 27.2. The van der Waals surface area contributed by atoms with Gasteiger partial charge in [0.1, 0.15) is 34.6 Å². The van der Waals surface area contributed by atoms with Gasteiger partial charge in [-0.2, -0.15) is 0 Å². The molecule has 47 heavy (non-hydrogen) atoms. The molecule has 0 spiro atoms. The molecule has 4 aromatic rings. The molecule has 2 nitrogen and oxygen atoms in total. The molecule has 6 rings (SSSR count). The zero-order valence-electron chi connectivity index (χ0n) is 27.2. The highest BCUT2D eigenvalue weighted by Crippen LogP contribution is 2.45. The van der Waals surface area contributed by atoms with Crippen molar-refractivity contribution in [2.75, 3.05) is 26.2 Å². The average molecular weight is 653 g/mol. The van der Waals surface area contributed by atoms with Crippen LogP contribution in [0.25, 0.3) is 0 Å². The number of rotatable bonds is 9. The maximum absolute atomic E-state index is 15.2. The molecule has 250 valence electrons. The first-order chi connectivity index (χ1) is 22.2. The van der Waals surface area contributed by atoms with Gasteiger partial charge in [-0.15, -0.1) is 0 Å². The lowest BCUT2D eigenvalue weighted by Crippen LogP contribution is -2.53. The SMILES string of the molecule is CC(C)(F)[C@H](c1cc(F)cc(F)c1)C1CN(C(c2ccccc2)c2ccccc2)C1.CC(C)(F)[C@H](c1cc(F)cc(F)c1)C1CNC1.